The van der Waals surface area contributed by atoms with Crippen LogP contribution in [0.2, 0.25) is 0 Å². The van der Waals surface area contributed by atoms with Gasteiger partial charge in [0.1, 0.15) is 36.7 Å². The summed E-state index contributed by atoms with van der Waals surface area (Å²) in [6.45, 7) is 14.2. The van der Waals surface area contributed by atoms with Gasteiger partial charge in [-0.3, -0.25) is 33.8 Å². The fourth-order valence-corrected chi connectivity index (χ4v) is 6.01. The van der Waals surface area contributed by atoms with Crippen LogP contribution in [0.25, 0.3) is 0 Å². The van der Waals surface area contributed by atoms with E-state index in [2.05, 4.69) is 21.3 Å². The van der Waals surface area contributed by atoms with E-state index < -0.39 is 99.9 Å². The number of rotatable bonds is 23. The summed E-state index contributed by atoms with van der Waals surface area (Å²) in [4.78, 5) is 67.0. The van der Waals surface area contributed by atoms with E-state index in [0.29, 0.717) is 13.0 Å². The number of nitrogens with one attached hydrogen (secondary N) is 4. The number of ketones is 1. The highest BCUT2D eigenvalue weighted by Crippen LogP contribution is 2.23. The summed E-state index contributed by atoms with van der Waals surface area (Å²) in [5.41, 5.74) is -1.04. The van der Waals surface area contributed by atoms with Crippen LogP contribution in [0.5, 0.6) is 0 Å². The molecule has 1 saturated heterocycles. The van der Waals surface area contributed by atoms with Gasteiger partial charge in [0.25, 0.3) is 10.1 Å². The highest BCUT2D eigenvalue weighted by atomic mass is 32.2. The number of aliphatic hydroxyl groups excluding tert-OH is 4. The lowest BCUT2D eigenvalue weighted by molar-refractivity contribution is -0.289. The molecule has 0 bridgehead atoms. The number of aliphatic hydroxyl groups is 4. The van der Waals surface area contributed by atoms with Gasteiger partial charge in [0.2, 0.25) is 23.6 Å². The van der Waals surface area contributed by atoms with Gasteiger partial charge in [-0.2, -0.15) is 8.42 Å². The first kappa shape index (κ1) is 51.2. The SMILES string of the molecule is CO[C@@H]1O[C@H](CNC(O)CC[C@H](NC(=O)[C@@H](NC(=O)CCN(CCC(C)(C)C)C(=O)CCC(=O)NCCS(=O)(=O)O)C(C)C)C(=O)C(C)(C)C)[C@@H](O)[C@H](O)[C@H]1O. The summed E-state index contributed by atoms with van der Waals surface area (Å²) in [6.07, 6.45) is -8.04. The van der Waals surface area contributed by atoms with Gasteiger partial charge >= 0.3 is 0 Å². The first-order valence-corrected chi connectivity index (χ1v) is 20.5. The molecule has 1 fully saturated rings. The number of nitrogens with zero attached hydrogens (tertiary/aromatic N) is 1. The fraction of sp³-hybridized carbons (Fsp3) is 0.861. The first-order chi connectivity index (χ1) is 25.7. The van der Waals surface area contributed by atoms with E-state index in [1.54, 1.807) is 34.6 Å². The second-order valence-corrected chi connectivity index (χ2v) is 18.4. The number of carbonyl (C=O) groups is 5. The van der Waals surface area contributed by atoms with E-state index in [4.69, 9.17) is 14.0 Å². The molecule has 1 heterocycles. The monoisotopic (exact) mass is 825 g/mol. The molecule has 0 aliphatic carbocycles. The lowest BCUT2D eigenvalue weighted by Crippen LogP contribution is -2.60. The molecule has 0 aromatic carbocycles. The number of hydrogen-bond donors (Lipinski definition) is 9. The van der Waals surface area contributed by atoms with Crippen molar-refractivity contribution in [1.82, 2.24) is 26.2 Å². The maximum Gasteiger partial charge on any atom is 0.266 e. The Labute approximate surface area is 330 Å². The van der Waals surface area contributed by atoms with E-state index in [9.17, 15) is 52.8 Å². The fourth-order valence-electron chi connectivity index (χ4n) is 5.65. The summed E-state index contributed by atoms with van der Waals surface area (Å²) in [7, 11) is -3.00. The maximum absolute atomic E-state index is 13.6. The van der Waals surface area contributed by atoms with Crippen molar-refractivity contribution < 1.29 is 66.8 Å². The zero-order chi connectivity index (χ0) is 43.2. The number of methoxy groups -OCH3 is 1. The molecule has 9 N–H and O–H groups in total. The Hall–Kier alpha value is -2.82. The lowest BCUT2D eigenvalue weighted by atomic mass is 9.84. The van der Waals surface area contributed by atoms with Gasteiger partial charge < -0.3 is 50.8 Å². The lowest BCUT2D eigenvalue weighted by Gasteiger charge is -2.40. The van der Waals surface area contributed by atoms with Gasteiger partial charge in [-0.1, -0.05) is 55.4 Å². The summed E-state index contributed by atoms with van der Waals surface area (Å²) >= 11 is 0. The topological polar surface area (TPSA) is 290 Å². The minimum Gasteiger partial charge on any atom is -0.388 e. The second-order valence-electron chi connectivity index (χ2n) is 16.8. The summed E-state index contributed by atoms with van der Waals surface area (Å²) in [5, 5.41) is 51.6. The standard InChI is InChI=1S/C36H67N5O14S/c1-21(2)28(40-26(44)14-17-41(18-15-35(3,4)5)27(45)13-12-24(42)37-16-19-56(51,52)53)33(50)39-22(32(49)36(6,7)8)10-11-25(43)38-20-23-29(46)30(47)31(48)34(54-9)55-23/h21-23,25,28-31,34,38,43,46-48H,10-20H2,1-9H3,(H,37,42)(H,39,50)(H,40,44)(H,51,52,53)/t22-,23+,25?,28-,29+,30-,31+,34+/m0/s1. The van der Waals surface area contributed by atoms with E-state index >= 15 is 0 Å². The van der Waals surface area contributed by atoms with Crippen molar-refractivity contribution in [2.45, 2.75) is 143 Å². The molecule has 1 aliphatic heterocycles. The highest BCUT2D eigenvalue weighted by molar-refractivity contribution is 7.85. The van der Waals surface area contributed by atoms with Crippen LogP contribution in [0.15, 0.2) is 0 Å². The van der Waals surface area contributed by atoms with Crippen molar-refractivity contribution in [3.8, 4) is 0 Å². The van der Waals surface area contributed by atoms with Crippen LogP contribution < -0.4 is 21.3 Å². The van der Waals surface area contributed by atoms with Gasteiger partial charge in [0, 0.05) is 58.0 Å². The molecule has 19 nitrogen and oxygen atoms in total. The Balaban J connectivity index is 2.92. The number of ether oxygens (including phenoxy) is 2. The third-order valence-electron chi connectivity index (χ3n) is 9.16. The quantitative estimate of drug-likeness (QED) is 0.0433. The van der Waals surface area contributed by atoms with Gasteiger partial charge in [-0.05, 0) is 30.6 Å². The zero-order valence-electron chi connectivity index (χ0n) is 34.2. The first-order valence-electron chi connectivity index (χ1n) is 18.9. The summed E-state index contributed by atoms with van der Waals surface area (Å²) in [5.74, 6) is -3.54. The third-order valence-corrected chi connectivity index (χ3v) is 9.88. The molecule has 326 valence electrons. The molecule has 1 unspecified atom stereocenters. The van der Waals surface area contributed by atoms with Gasteiger partial charge in [-0.25, -0.2) is 0 Å². The largest absolute Gasteiger partial charge is 0.388 e. The van der Waals surface area contributed by atoms with Gasteiger partial charge in [-0.15, -0.1) is 0 Å². The average Bonchev–Trinajstić information content (AvgIpc) is 3.07. The van der Waals surface area contributed by atoms with Crippen LogP contribution >= 0.6 is 0 Å². The van der Waals surface area contributed by atoms with E-state index in [1.807, 2.05) is 20.8 Å². The Morgan fingerprint density at radius 3 is 2.02 bits per heavy atom. The molecule has 20 heteroatoms. The van der Waals surface area contributed by atoms with Crippen LogP contribution in [0.4, 0.5) is 0 Å². The smallest absolute Gasteiger partial charge is 0.266 e. The molecule has 4 amide bonds. The third kappa shape index (κ3) is 19.1. The molecule has 0 spiro atoms. The Kier molecular flexibility index (Phi) is 21.0. The average molecular weight is 826 g/mol. The number of carbonyl (C=O) groups excluding carboxylic acids is 5. The molecule has 0 aromatic heterocycles. The molecule has 1 aliphatic rings. The Morgan fingerprint density at radius 1 is 0.857 bits per heavy atom. The second kappa shape index (κ2) is 22.9. The van der Waals surface area contributed by atoms with E-state index in [1.165, 1.54) is 12.0 Å². The van der Waals surface area contributed by atoms with Crippen molar-refractivity contribution in [2.75, 3.05) is 39.0 Å². The van der Waals surface area contributed by atoms with Gasteiger partial charge in [0.15, 0.2) is 12.1 Å². The zero-order valence-corrected chi connectivity index (χ0v) is 35.1. The molecule has 1 rings (SSSR count). The molecule has 0 radical (unpaired) electrons. The number of amides is 4. The van der Waals surface area contributed by atoms with Crippen molar-refractivity contribution >= 4 is 39.5 Å². The minimum absolute atomic E-state index is 0.00566. The van der Waals surface area contributed by atoms with Crippen LogP contribution in [-0.4, -0.2) is 156 Å². The van der Waals surface area contributed by atoms with E-state index in [0.717, 1.165) is 0 Å². The van der Waals surface area contributed by atoms with Gasteiger partial charge in [0.05, 0.1) is 11.8 Å². The predicted octanol–water partition coefficient (Wildman–Crippen LogP) is -1.19. The number of Topliss-reactive ketones (excluding diaryl/α,β-unsaturated/α-hetero) is 1. The molecule has 56 heavy (non-hydrogen) atoms. The van der Waals surface area contributed by atoms with Crippen LogP contribution in [-0.2, 0) is 43.6 Å². The molecule has 0 saturated carbocycles. The molecule has 8 atom stereocenters. The molecular formula is C36H67N5O14S. The van der Waals surface area contributed by atoms with Crippen LogP contribution in [0, 0.1) is 16.7 Å². The van der Waals surface area contributed by atoms with E-state index in [-0.39, 0.29) is 62.9 Å². The summed E-state index contributed by atoms with van der Waals surface area (Å²) in [6, 6.07) is -2.12. The van der Waals surface area contributed by atoms with Crippen molar-refractivity contribution in [2.24, 2.45) is 16.7 Å². The normalized spacial score (nSPS) is 22.2. The van der Waals surface area contributed by atoms with Crippen molar-refractivity contribution in [3.63, 3.8) is 0 Å². The molecule has 0 aromatic rings. The Morgan fingerprint density at radius 2 is 1.48 bits per heavy atom. The summed E-state index contributed by atoms with van der Waals surface area (Å²) < 4.78 is 41.1. The van der Waals surface area contributed by atoms with Crippen molar-refractivity contribution in [3.05, 3.63) is 0 Å². The Bertz CT molecular complexity index is 1400. The van der Waals surface area contributed by atoms with Crippen LogP contribution in [0.1, 0.15) is 93.9 Å². The molecular weight excluding hydrogens is 758 g/mol. The maximum atomic E-state index is 13.6. The van der Waals surface area contributed by atoms with Crippen LogP contribution in [0.3, 0.4) is 0 Å². The highest BCUT2D eigenvalue weighted by Gasteiger charge is 2.44. The predicted molar refractivity (Wildman–Crippen MR) is 204 cm³/mol. The number of hydrogen-bond acceptors (Lipinski definition) is 14. The minimum atomic E-state index is -4.26. The van der Waals surface area contributed by atoms with Crippen molar-refractivity contribution in [1.29, 1.82) is 0 Å².